The monoisotopic (exact) mass is 411 g/mol. The number of esters is 1. The molecule has 0 aliphatic heterocycles. The van der Waals surface area contributed by atoms with Crippen LogP contribution in [0.25, 0.3) is 0 Å². The van der Waals surface area contributed by atoms with E-state index < -0.39 is 33.7 Å². The third-order valence-electron chi connectivity index (χ3n) is 4.39. The van der Waals surface area contributed by atoms with Gasteiger partial charge in [-0.15, -0.1) is 0 Å². The summed E-state index contributed by atoms with van der Waals surface area (Å²) < 4.78 is 47.6. The molecule has 0 rings (SSSR count). The Hall–Kier alpha value is -0.560. The minimum Gasteiger partial charge on any atom is -0.462 e. The topological polar surface area (TPSA) is 55.4 Å². The van der Waals surface area contributed by atoms with E-state index in [0.29, 0.717) is 6.42 Å². The minimum atomic E-state index is -3.70. The van der Waals surface area contributed by atoms with Crippen LogP contribution in [0.5, 0.6) is 0 Å². The van der Waals surface area contributed by atoms with E-state index >= 15 is 0 Å². The van der Waals surface area contributed by atoms with Crippen molar-refractivity contribution in [3.05, 3.63) is 0 Å². The predicted octanol–water partition coefficient (Wildman–Crippen LogP) is 5.53. The lowest BCUT2D eigenvalue weighted by Gasteiger charge is -2.28. The summed E-state index contributed by atoms with van der Waals surface area (Å²) in [5.41, 5.74) is 0. The van der Waals surface area contributed by atoms with Gasteiger partial charge < -0.3 is 4.74 Å². The normalized spacial score (nSPS) is 14.8. The van der Waals surface area contributed by atoms with Crippen molar-refractivity contribution in [1.82, 2.24) is 4.72 Å². The Morgan fingerprint density at radius 1 is 0.963 bits per heavy atom. The van der Waals surface area contributed by atoms with Crippen molar-refractivity contribution in [3.8, 4) is 0 Å². The van der Waals surface area contributed by atoms with Crippen LogP contribution in [-0.2, 0) is 20.5 Å². The van der Waals surface area contributed by atoms with Crippen molar-refractivity contribution in [1.29, 1.82) is 0 Å². The SMILES string of the molecule is CCCCCCCCCCCC(NS(=O)C(C)(C)C)C(F)(F)C(=O)OCC. The highest BCUT2D eigenvalue weighted by Gasteiger charge is 2.49. The zero-order valence-electron chi connectivity index (χ0n) is 17.7. The molecule has 0 radical (unpaired) electrons. The third kappa shape index (κ3) is 11.1. The number of carbonyl (C=O) groups excluding carboxylic acids is 1. The van der Waals surface area contributed by atoms with Crippen LogP contribution in [0.4, 0.5) is 8.78 Å². The summed E-state index contributed by atoms with van der Waals surface area (Å²) >= 11 is 0. The number of ether oxygens (including phenoxy) is 1. The van der Waals surface area contributed by atoms with E-state index in [1.54, 1.807) is 20.8 Å². The molecule has 0 saturated heterocycles. The molecule has 0 aromatic heterocycles. The number of hydrogen-bond donors (Lipinski definition) is 1. The maximum absolute atomic E-state index is 14.5. The van der Waals surface area contributed by atoms with E-state index in [4.69, 9.17) is 0 Å². The van der Waals surface area contributed by atoms with Crippen LogP contribution in [-0.4, -0.2) is 33.5 Å². The van der Waals surface area contributed by atoms with Crippen LogP contribution in [0.2, 0.25) is 0 Å². The van der Waals surface area contributed by atoms with Gasteiger partial charge in [0, 0.05) is 0 Å². The van der Waals surface area contributed by atoms with Crippen LogP contribution in [0.1, 0.15) is 98.8 Å². The van der Waals surface area contributed by atoms with Crippen molar-refractivity contribution in [2.24, 2.45) is 0 Å². The lowest BCUT2D eigenvalue weighted by atomic mass is 10.0. The summed E-state index contributed by atoms with van der Waals surface area (Å²) in [5.74, 6) is -5.25. The number of rotatable bonds is 15. The average Bonchev–Trinajstić information content (AvgIpc) is 2.58. The van der Waals surface area contributed by atoms with Crippen molar-refractivity contribution in [2.45, 2.75) is 116 Å². The maximum atomic E-state index is 14.5. The van der Waals surface area contributed by atoms with Gasteiger partial charge in [-0.1, -0.05) is 64.7 Å². The van der Waals surface area contributed by atoms with Crippen molar-refractivity contribution >= 4 is 17.0 Å². The Morgan fingerprint density at radius 2 is 1.44 bits per heavy atom. The van der Waals surface area contributed by atoms with E-state index in [1.165, 1.54) is 39.0 Å². The molecule has 4 nitrogen and oxygen atoms in total. The molecular weight excluding hydrogens is 372 g/mol. The van der Waals surface area contributed by atoms with E-state index in [0.717, 1.165) is 19.3 Å². The molecule has 0 aliphatic rings. The Bertz CT molecular complexity index is 439. The van der Waals surface area contributed by atoms with E-state index in [2.05, 4.69) is 16.4 Å². The molecule has 27 heavy (non-hydrogen) atoms. The largest absolute Gasteiger partial charge is 0.462 e. The van der Waals surface area contributed by atoms with Crippen LogP contribution in [0, 0.1) is 0 Å². The second kappa shape index (κ2) is 13.6. The smallest absolute Gasteiger partial charge is 0.378 e. The highest BCUT2D eigenvalue weighted by atomic mass is 32.2. The molecule has 0 heterocycles. The van der Waals surface area contributed by atoms with E-state index in [-0.39, 0.29) is 13.0 Å². The first-order chi connectivity index (χ1) is 12.6. The molecule has 2 atom stereocenters. The Balaban J connectivity index is 4.55. The fourth-order valence-corrected chi connectivity index (χ4v) is 3.53. The van der Waals surface area contributed by atoms with Gasteiger partial charge in [-0.2, -0.15) is 8.78 Å². The third-order valence-corrected chi connectivity index (χ3v) is 6.00. The van der Waals surface area contributed by atoms with Gasteiger partial charge in [-0.05, 0) is 34.1 Å². The van der Waals surface area contributed by atoms with E-state index in [9.17, 15) is 17.8 Å². The molecule has 0 bridgehead atoms. The summed E-state index contributed by atoms with van der Waals surface area (Å²) in [5, 5.41) is 0. The molecule has 2 unspecified atom stereocenters. The summed E-state index contributed by atoms with van der Waals surface area (Å²) in [6.07, 6.45) is 9.71. The minimum absolute atomic E-state index is 0.0868. The summed E-state index contributed by atoms with van der Waals surface area (Å²) in [4.78, 5) is 11.7. The second-order valence-corrected chi connectivity index (χ2v) is 10.0. The van der Waals surface area contributed by atoms with Gasteiger partial charge in [0.2, 0.25) is 0 Å². The lowest BCUT2D eigenvalue weighted by Crippen LogP contribution is -2.53. The van der Waals surface area contributed by atoms with Crippen LogP contribution >= 0.6 is 0 Å². The quantitative estimate of drug-likeness (QED) is 0.285. The summed E-state index contributed by atoms with van der Waals surface area (Å²) in [7, 11) is -1.69. The Kier molecular flexibility index (Phi) is 13.3. The van der Waals surface area contributed by atoms with Gasteiger partial charge in [0.25, 0.3) is 0 Å². The lowest BCUT2D eigenvalue weighted by molar-refractivity contribution is -0.175. The molecule has 162 valence electrons. The maximum Gasteiger partial charge on any atom is 0.378 e. The second-order valence-electron chi connectivity index (χ2n) is 8.01. The molecule has 0 saturated carbocycles. The zero-order valence-corrected chi connectivity index (χ0v) is 18.6. The Morgan fingerprint density at radius 3 is 1.89 bits per heavy atom. The first-order valence-corrected chi connectivity index (χ1v) is 11.4. The molecule has 1 N–H and O–H groups in total. The van der Waals surface area contributed by atoms with Crippen molar-refractivity contribution in [3.63, 3.8) is 0 Å². The number of halogens is 2. The predicted molar refractivity (Wildman–Crippen MR) is 108 cm³/mol. The van der Waals surface area contributed by atoms with Crippen LogP contribution in [0.15, 0.2) is 0 Å². The van der Waals surface area contributed by atoms with E-state index in [1.807, 2.05) is 0 Å². The first kappa shape index (κ1) is 26.4. The molecule has 0 fully saturated rings. The first-order valence-electron chi connectivity index (χ1n) is 10.3. The molecule has 0 aliphatic carbocycles. The van der Waals surface area contributed by atoms with Gasteiger partial charge in [-0.3, -0.25) is 0 Å². The van der Waals surface area contributed by atoms with Gasteiger partial charge in [0.15, 0.2) is 0 Å². The summed E-state index contributed by atoms with van der Waals surface area (Å²) in [6, 6.07) is -1.49. The zero-order chi connectivity index (χ0) is 20.9. The molecule has 7 heteroatoms. The van der Waals surface area contributed by atoms with Crippen molar-refractivity contribution in [2.75, 3.05) is 6.61 Å². The molecular formula is C20H39F2NO3S. The number of hydrogen-bond acceptors (Lipinski definition) is 3. The van der Waals surface area contributed by atoms with Crippen molar-refractivity contribution < 1.29 is 22.5 Å². The number of carbonyl (C=O) groups is 1. The fraction of sp³-hybridized carbons (Fsp3) is 0.950. The fourth-order valence-electron chi connectivity index (χ4n) is 2.65. The molecule has 0 amide bonds. The number of alkyl halides is 2. The molecule has 0 aromatic carbocycles. The number of nitrogens with one attached hydrogen (secondary N) is 1. The van der Waals surface area contributed by atoms with Gasteiger partial charge in [-0.25, -0.2) is 13.7 Å². The van der Waals surface area contributed by atoms with Gasteiger partial charge >= 0.3 is 11.9 Å². The molecule has 0 spiro atoms. The van der Waals surface area contributed by atoms with Gasteiger partial charge in [0.05, 0.1) is 28.4 Å². The highest BCUT2D eigenvalue weighted by Crippen LogP contribution is 2.27. The summed E-state index contributed by atoms with van der Waals surface area (Å²) in [6.45, 7) is 8.67. The standard InChI is InChI=1S/C20H39F2NO3S/c1-6-8-9-10-11-12-13-14-15-16-17(23-27(25)19(3,4)5)20(21,22)18(24)26-7-2/h17,23H,6-16H2,1-5H3. The van der Waals surface area contributed by atoms with Gasteiger partial charge in [0.1, 0.15) is 0 Å². The highest BCUT2D eigenvalue weighted by molar-refractivity contribution is 7.84. The molecule has 0 aromatic rings. The number of unbranched alkanes of at least 4 members (excludes halogenated alkanes) is 8. The Labute approximate surface area is 166 Å². The average molecular weight is 412 g/mol. The van der Waals surface area contributed by atoms with Crippen LogP contribution < -0.4 is 4.72 Å². The van der Waals surface area contributed by atoms with Crippen LogP contribution in [0.3, 0.4) is 0 Å².